The normalized spacial score (nSPS) is 10.3. The summed E-state index contributed by atoms with van der Waals surface area (Å²) in [6.45, 7) is 0. The molecule has 3 rings (SSSR count). The van der Waals surface area contributed by atoms with Crippen molar-refractivity contribution in [1.82, 2.24) is 4.98 Å². The highest BCUT2D eigenvalue weighted by molar-refractivity contribution is 5.89. The fourth-order valence-corrected chi connectivity index (χ4v) is 1.67. The Balaban J connectivity index is 1.72. The summed E-state index contributed by atoms with van der Waals surface area (Å²) >= 11 is 0. The molecule has 94 valence electrons. The van der Waals surface area contributed by atoms with Gasteiger partial charge >= 0.3 is 6.09 Å². The van der Waals surface area contributed by atoms with Crippen molar-refractivity contribution in [2.75, 3.05) is 5.32 Å². The fourth-order valence-electron chi connectivity index (χ4n) is 1.67. The van der Waals surface area contributed by atoms with Crippen molar-refractivity contribution < 1.29 is 13.9 Å². The summed E-state index contributed by atoms with van der Waals surface area (Å²) in [5.74, 6) is 0.488. The minimum Gasteiger partial charge on any atom is -0.443 e. The van der Waals surface area contributed by atoms with E-state index in [1.165, 1.54) is 6.39 Å². The van der Waals surface area contributed by atoms with Crippen LogP contribution in [0.15, 0.2) is 59.3 Å². The van der Waals surface area contributed by atoms with Crippen LogP contribution in [0, 0.1) is 0 Å². The van der Waals surface area contributed by atoms with E-state index in [1.807, 2.05) is 6.07 Å². The molecule has 0 atom stereocenters. The Hall–Kier alpha value is -2.82. The van der Waals surface area contributed by atoms with E-state index in [2.05, 4.69) is 10.3 Å². The molecule has 0 aliphatic rings. The number of ether oxygens (including phenoxy) is 1. The number of oxazole rings is 1. The molecule has 0 aliphatic heterocycles. The molecule has 0 unspecified atom stereocenters. The molecule has 0 aliphatic carbocycles. The number of carbonyl (C=O) groups is 1. The van der Waals surface area contributed by atoms with Gasteiger partial charge in [-0.3, -0.25) is 5.32 Å². The molecular formula is C14H10N2O3. The van der Waals surface area contributed by atoms with Gasteiger partial charge in [-0.25, -0.2) is 9.78 Å². The van der Waals surface area contributed by atoms with Crippen LogP contribution in [-0.4, -0.2) is 11.1 Å². The van der Waals surface area contributed by atoms with E-state index >= 15 is 0 Å². The van der Waals surface area contributed by atoms with Gasteiger partial charge in [0.25, 0.3) is 0 Å². The highest BCUT2D eigenvalue weighted by Gasteiger charge is 2.06. The number of aromatic nitrogens is 1. The van der Waals surface area contributed by atoms with Gasteiger partial charge in [0.1, 0.15) is 11.3 Å². The predicted octanol–water partition coefficient (Wildman–Crippen LogP) is 3.44. The Kier molecular flexibility index (Phi) is 2.86. The highest BCUT2D eigenvalue weighted by atomic mass is 16.6. The third kappa shape index (κ3) is 2.55. The molecule has 1 heterocycles. The van der Waals surface area contributed by atoms with Crippen LogP contribution in [0.2, 0.25) is 0 Å². The van der Waals surface area contributed by atoms with Crippen molar-refractivity contribution in [3.05, 3.63) is 54.9 Å². The monoisotopic (exact) mass is 254 g/mol. The number of hydrogen-bond acceptors (Lipinski definition) is 4. The molecule has 5 heteroatoms. The number of amides is 1. The molecule has 0 saturated heterocycles. The number of benzene rings is 2. The zero-order valence-electron chi connectivity index (χ0n) is 9.87. The lowest BCUT2D eigenvalue weighted by molar-refractivity contribution is 0.215. The van der Waals surface area contributed by atoms with E-state index in [-0.39, 0.29) is 0 Å². The van der Waals surface area contributed by atoms with Crippen molar-refractivity contribution in [2.24, 2.45) is 0 Å². The standard InChI is InChI=1S/C14H10N2O3/c17-14(19-11-4-2-1-3-5-11)16-10-6-7-13-12(8-10)15-9-18-13/h1-9H,(H,16,17). The molecule has 0 spiro atoms. The first-order valence-electron chi connectivity index (χ1n) is 5.68. The summed E-state index contributed by atoms with van der Waals surface area (Å²) in [4.78, 5) is 15.7. The SMILES string of the molecule is O=C(Nc1ccc2ocnc2c1)Oc1ccccc1. The molecule has 0 radical (unpaired) electrons. The average molecular weight is 254 g/mol. The number of anilines is 1. The smallest absolute Gasteiger partial charge is 0.417 e. The number of nitrogens with zero attached hydrogens (tertiary/aromatic N) is 1. The first-order chi connectivity index (χ1) is 9.31. The molecule has 1 aromatic heterocycles. The van der Waals surface area contributed by atoms with E-state index in [9.17, 15) is 4.79 Å². The predicted molar refractivity (Wildman–Crippen MR) is 70.1 cm³/mol. The number of rotatable bonds is 2. The number of para-hydroxylation sites is 1. The molecule has 5 nitrogen and oxygen atoms in total. The zero-order chi connectivity index (χ0) is 13.1. The summed E-state index contributed by atoms with van der Waals surface area (Å²) in [5.41, 5.74) is 1.95. The Morgan fingerprint density at radius 1 is 1.16 bits per heavy atom. The van der Waals surface area contributed by atoms with Crippen LogP contribution >= 0.6 is 0 Å². The van der Waals surface area contributed by atoms with Gasteiger partial charge in [0, 0.05) is 5.69 Å². The molecule has 1 N–H and O–H groups in total. The van der Waals surface area contributed by atoms with Crippen molar-refractivity contribution in [3.8, 4) is 5.75 Å². The highest BCUT2D eigenvalue weighted by Crippen LogP contribution is 2.18. The van der Waals surface area contributed by atoms with Gasteiger partial charge in [0.15, 0.2) is 12.0 Å². The van der Waals surface area contributed by atoms with Crippen LogP contribution in [-0.2, 0) is 0 Å². The topological polar surface area (TPSA) is 64.4 Å². The van der Waals surface area contributed by atoms with Gasteiger partial charge < -0.3 is 9.15 Å². The van der Waals surface area contributed by atoms with Crippen molar-refractivity contribution >= 4 is 22.9 Å². The second-order valence-corrected chi connectivity index (χ2v) is 3.86. The average Bonchev–Trinajstić information content (AvgIpc) is 2.87. The molecule has 0 fully saturated rings. The Bertz CT molecular complexity index is 707. The summed E-state index contributed by atoms with van der Waals surface area (Å²) < 4.78 is 10.2. The Labute approximate surface area is 108 Å². The minimum atomic E-state index is -0.547. The van der Waals surface area contributed by atoms with Crippen molar-refractivity contribution in [3.63, 3.8) is 0 Å². The molecule has 1 amide bonds. The van der Waals surface area contributed by atoms with E-state index in [1.54, 1.807) is 42.5 Å². The summed E-state index contributed by atoms with van der Waals surface area (Å²) in [5, 5.41) is 2.63. The molecule has 0 bridgehead atoms. The maximum absolute atomic E-state index is 11.7. The summed E-state index contributed by atoms with van der Waals surface area (Å²) in [6, 6.07) is 14.0. The fraction of sp³-hybridized carbons (Fsp3) is 0. The summed E-state index contributed by atoms with van der Waals surface area (Å²) in [6.07, 6.45) is 0.811. The van der Waals surface area contributed by atoms with Gasteiger partial charge in [-0.2, -0.15) is 0 Å². The maximum Gasteiger partial charge on any atom is 0.417 e. The van der Waals surface area contributed by atoms with Gasteiger partial charge in [0.05, 0.1) is 0 Å². The lowest BCUT2D eigenvalue weighted by Gasteiger charge is -2.06. The third-order valence-electron chi connectivity index (χ3n) is 2.53. The van der Waals surface area contributed by atoms with Gasteiger partial charge in [-0.1, -0.05) is 18.2 Å². The first kappa shape index (κ1) is 11.3. The van der Waals surface area contributed by atoms with Crippen molar-refractivity contribution in [1.29, 1.82) is 0 Å². The molecular weight excluding hydrogens is 244 g/mol. The van der Waals surface area contributed by atoms with Crippen LogP contribution in [0.25, 0.3) is 11.1 Å². The third-order valence-corrected chi connectivity index (χ3v) is 2.53. The number of fused-ring (bicyclic) bond motifs is 1. The lowest BCUT2D eigenvalue weighted by Crippen LogP contribution is -2.16. The van der Waals surface area contributed by atoms with Crippen LogP contribution < -0.4 is 10.1 Å². The van der Waals surface area contributed by atoms with Gasteiger partial charge in [0.2, 0.25) is 0 Å². The molecule has 19 heavy (non-hydrogen) atoms. The van der Waals surface area contributed by atoms with Crippen LogP contribution in [0.4, 0.5) is 10.5 Å². The van der Waals surface area contributed by atoms with E-state index in [4.69, 9.17) is 9.15 Å². The first-order valence-corrected chi connectivity index (χ1v) is 5.68. The minimum absolute atomic E-state index is 0.488. The Morgan fingerprint density at radius 3 is 2.84 bits per heavy atom. The number of nitrogens with one attached hydrogen (secondary N) is 1. The van der Waals surface area contributed by atoms with E-state index in [0.29, 0.717) is 22.5 Å². The van der Waals surface area contributed by atoms with Crippen LogP contribution in [0.5, 0.6) is 5.75 Å². The van der Waals surface area contributed by atoms with Crippen LogP contribution in [0.3, 0.4) is 0 Å². The maximum atomic E-state index is 11.7. The van der Waals surface area contributed by atoms with Crippen molar-refractivity contribution in [2.45, 2.75) is 0 Å². The van der Waals surface area contributed by atoms with E-state index < -0.39 is 6.09 Å². The second-order valence-electron chi connectivity index (χ2n) is 3.86. The lowest BCUT2D eigenvalue weighted by atomic mass is 10.3. The van der Waals surface area contributed by atoms with E-state index in [0.717, 1.165) is 0 Å². The quantitative estimate of drug-likeness (QED) is 0.760. The van der Waals surface area contributed by atoms with Gasteiger partial charge in [-0.15, -0.1) is 0 Å². The van der Waals surface area contributed by atoms with Crippen LogP contribution in [0.1, 0.15) is 0 Å². The largest absolute Gasteiger partial charge is 0.443 e. The zero-order valence-corrected chi connectivity index (χ0v) is 9.87. The molecule has 3 aromatic rings. The molecule has 2 aromatic carbocycles. The molecule has 0 saturated carbocycles. The second kappa shape index (κ2) is 4.81. The number of carbonyl (C=O) groups excluding carboxylic acids is 1. The Morgan fingerprint density at radius 2 is 2.00 bits per heavy atom. The number of hydrogen-bond donors (Lipinski definition) is 1. The van der Waals surface area contributed by atoms with Gasteiger partial charge in [-0.05, 0) is 30.3 Å². The summed E-state index contributed by atoms with van der Waals surface area (Å²) in [7, 11) is 0.